The van der Waals surface area contributed by atoms with E-state index in [9.17, 15) is 0 Å². The molecule has 4 heteroatoms. The average molecular weight is 235 g/mol. The molecule has 1 unspecified atom stereocenters. The molecule has 0 saturated carbocycles. The zero-order valence-corrected chi connectivity index (χ0v) is 10.9. The summed E-state index contributed by atoms with van der Waals surface area (Å²) in [6.45, 7) is 3.96. The largest absolute Gasteiger partial charge is 0.371 e. The van der Waals surface area contributed by atoms with Crippen LogP contribution in [0.4, 0.5) is 0 Å². The van der Waals surface area contributed by atoms with Crippen LogP contribution in [0.3, 0.4) is 0 Å². The average Bonchev–Trinajstić information content (AvgIpc) is 2.51. The van der Waals surface area contributed by atoms with E-state index in [-0.39, 0.29) is 6.04 Å². The molecule has 0 aromatic carbocycles. The number of rotatable bonds is 2. The Morgan fingerprint density at radius 2 is 2.18 bits per heavy atom. The van der Waals surface area contributed by atoms with Gasteiger partial charge in [-0.05, 0) is 33.1 Å². The van der Waals surface area contributed by atoms with Gasteiger partial charge in [0.05, 0.1) is 0 Å². The summed E-state index contributed by atoms with van der Waals surface area (Å²) < 4.78 is 5.42. The lowest BCUT2D eigenvalue weighted by molar-refractivity contribution is 0.0112. The van der Waals surface area contributed by atoms with Crippen LogP contribution in [0.5, 0.6) is 0 Å². The maximum Gasteiger partial charge on any atom is 0.159 e. The molecule has 0 amide bonds. The molecule has 0 bridgehead atoms. The normalized spacial score (nSPS) is 20.8. The quantitative estimate of drug-likeness (QED) is 0.797. The molecule has 1 aromatic rings. The first-order valence-corrected chi connectivity index (χ1v) is 6.21. The second-order valence-electron chi connectivity index (χ2n) is 5.16. The minimum Gasteiger partial charge on any atom is -0.371 e. The van der Waals surface area contributed by atoms with Gasteiger partial charge in [-0.25, -0.2) is 9.97 Å². The summed E-state index contributed by atoms with van der Waals surface area (Å²) in [5.41, 5.74) is 7.90. The molecular formula is C13H21N3O. The lowest BCUT2D eigenvalue weighted by atomic mass is 10.0. The van der Waals surface area contributed by atoms with Crippen molar-refractivity contribution in [1.29, 1.82) is 0 Å². The molecule has 1 atom stereocenters. The van der Waals surface area contributed by atoms with Gasteiger partial charge < -0.3 is 10.5 Å². The van der Waals surface area contributed by atoms with Gasteiger partial charge in [0.1, 0.15) is 5.60 Å². The summed E-state index contributed by atoms with van der Waals surface area (Å²) in [6.07, 6.45) is 6.24. The van der Waals surface area contributed by atoms with Crippen LogP contribution in [0, 0.1) is 0 Å². The van der Waals surface area contributed by atoms with Crippen LogP contribution >= 0.6 is 0 Å². The van der Waals surface area contributed by atoms with E-state index in [1.165, 1.54) is 6.42 Å². The molecule has 1 aliphatic carbocycles. The van der Waals surface area contributed by atoms with Crippen LogP contribution in [0.1, 0.15) is 56.2 Å². The van der Waals surface area contributed by atoms with Crippen LogP contribution in [-0.2, 0) is 16.8 Å². The van der Waals surface area contributed by atoms with Crippen molar-refractivity contribution in [2.24, 2.45) is 5.73 Å². The summed E-state index contributed by atoms with van der Waals surface area (Å²) >= 11 is 0. The molecule has 0 radical (unpaired) electrons. The molecule has 0 fully saturated rings. The molecule has 0 aliphatic heterocycles. The Morgan fingerprint density at radius 3 is 2.88 bits per heavy atom. The van der Waals surface area contributed by atoms with Crippen LogP contribution in [-0.4, -0.2) is 17.1 Å². The number of hydrogen-bond acceptors (Lipinski definition) is 4. The van der Waals surface area contributed by atoms with Crippen LogP contribution < -0.4 is 5.73 Å². The second kappa shape index (κ2) is 4.70. The van der Waals surface area contributed by atoms with Crippen LogP contribution in [0.15, 0.2) is 6.20 Å². The summed E-state index contributed by atoms with van der Waals surface area (Å²) in [5.74, 6) is 0.743. The first kappa shape index (κ1) is 12.5. The number of nitrogens with two attached hydrogens (primary N) is 1. The van der Waals surface area contributed by atoms with Crippen molar-refractivity contribution in [2.75, 3.05) is 7.11 Å². The Morgan fingerprint density at radius 1 is 1.41 bits per heavy atom. The Bertz CT molecular complexity index is 404. The standard InChI is InChI=1S/C13H21N3O/c1-13(2,17-3)12-15-8-9-10(14)6-4-5-7-11(9)16-12/h8,10H,4-7,14H2,1-3H3. The van der Waals surface area contributed by atoms with E-state index >= 15 is 0 Å². The zero-order valence-electron chi connectivity index (χ0n) is 10.9. The van der Waals surface area contributed by atoms with Gasteiger partial charge in [-0.1, -0.05) is 6.42 Å². The SMILES string of the molecule is COC(C)(C)c1ncc2c(n1)CCCCC2N. The molecule has 4 nitrogen and oxygen atoms in total. The predicted octanol–water partition coefficient (Wildman–Crippen LogP) is 2.08. The van der Waals surface area contributed by atoms with Crippen molar-refractivity contribution in [1.82, 2.24) is 9.97 Å². The molecule has 2 N–H and O–H groups in total. The number of aryl methyl sites for hydroxylation is 1. The van der Waals surface area contributed by atoms with Crippen molar-refractivity contribution in [2.45, 2.75) is 51.2 Å². The smallest absolute Gasteiger partial charge is 0.159 e. The summed E-state index contributed by atoms with van der Waals surface area (Å²) in [6, 6.07) is 0.0900. The molecule has 0 saturated heterocycles. The van der Waals surface area contributed by atoms with Crippen molar-refractivity contribution in [3.8, 4) is 0 Å². The van der Waals surface area contributed by atoms with Gasteiger partial charge in [0, 0.05) is 30.6 Å². The van der Waals surface area contributed by atoms with E-state index in [1.807, 2.05) is 20.0 Å². The minimum absolute atomic E-state index is 0.0900. The third-order valence-corrected chi connectivity index (χ3v) is 3.53. The predicted molar refractivity (Wildman–Crippen MR) is 66.6 cm³/mol. The maximum absolute atomic E-state index is 6.13. The van der Waals surface area contributed by atoms with Gasteiger partial charge in [-0.2, -0.15) is 0 Å². The van der Waals surface area contributed by atoms with Gasteiger partial charge in [-0.15, -0.1) is 0 Å². The summed E-state index contributed by atoms with van der Waals surface area (Å²) in [4.78, 5) is 9.06. The van der Waals surface area contributed by atoms with Gasteiger partial charge in [-0.3, -0.25) is 0 Å². The fourth-order valence-electron chi connectivity index (χ4n) is 2.13. The van der Waals surface area contributed by atoms with E-state index in [2.05, 4.69) is 9.97 Å². The second-order valence-corrected chi connectivity index (χ2v) is 5.16. The van der Waals surface area contributed by atoms with Gasteiger partial charge in [0.15, 0.2) is 5.82 Å². The first-order valence-electron chi connectivity index (χ1n) is 6.21. The molecule has 1 aliphatic rings. The number of fused-ring (bicyclic) bond motifs is 1. The molecule has 17 heavy (non-hydrogen) atoms. The maximum atomic E-state index is 6.13. The third-order valence-electron chi connectivity index (χ3n) is 3.53. The van der Waals surface area contributed by atoms with Crippen molar-refractivity contribution in [3.05, 3.63) is 23.3 Å². The number of aromatic nitrogens is 2. The Balaban J connectivity index is 2.39. The highest BCUT2D eigenvalue weighted by molar-refractivity contribution is 5.24. The molecule has 1 aromatic heterocycles. The third kappa shape index (κ3) is 2.48. The highest BCUT2D eigenvalue weighted by Gasteiger charge is 2.25. The van der Waals surface area contributed by atoms with Gasteiger partial charge in [0.25, 0.3) is 0 Å². The molecular weight excluding hydrogens is 214 g/mol. The lowest BCUT2D eigenvalue weighted by Crippen LogP contribution is -2.24. The van der Waals surface area contributed by atoms with Crippen LogP contribution in [0.2, 0.25) is 0 Å². The fourth-order valence-corrected chi connectivity index (χ4v) is 2.13. The van der Waals surface area contributed by atoms with Crippen molar-refractivity contribution in [3.63, 3.8) is 0 Å². The van der Waals surface area contributed by atoms with Crippen LogP contribution in [0.25, 0.3) is 0 Å². The number of nitrogens with zero attached hydrogens (tertiary/aromatic N) is 2. The minimum atomic E-state index is -0.439. The summed E-state index contributed by atoms with van der Waals surface area (Å²) in [7, 11) is 1.68. The van der Waals surface area contributed by atoms with Gasteiger partial charge in [0.2, 0.25) is 0 Å². The molecule has 94 valence electrons. The van der Waals surface area contributed by atoms with Crippen molar-refractivity contribution >= 4 is 0 Å². The topological polar surface area (TPSA) is 61.0 Å². The highest BCUT2D eigenvalue weighted by atomic mass is 16.5. The fraction of sp³-hybridized carbons (Fsp3) is 0.692. The monoisotopic (exact) mass is 235 g/mol. The highest BCUT2D eigenvalue weighted by Crippen LogP contribution is 2.27. The molecule has 2 rings (SSSR count). The Hall–Kier alpha value is -1.00. The van der Waals surface area contributed by atoms with Crippen molar-refractivity contribution < 1.29 is 4.74 Å². The number of hydrogen-bond donors (Lipinski definition) is 1. The lowest BCUT2D eigenvalue weighted by Gasteiger charge is -2.22. The Kier molecular flexibility index (Phi) is 3.45. The first-order chi connectivity index (χ1) is 8.04. The van der Waals surface area contributed by atoms with Gasteiger partial charge >= 0.3 is 0 Å². The zero-order chi connectivity index (χ0) is 12.5. The number of methoxy groups -OCH3 is 1. The summed E-state index contributed by atoms with van der Waals surface area (Å²) in [5, 5.41) is 0. The molecule has 0 spiro atoms. The van der Waals surface area contributed by atoms with E-state index < -0.39 is 5.60 Å². The van der Waals surface area contributed by atoms with E-state index in [1.54, 1.807) is 7.11 Å². The number of ether oxygens (including phenoxy) is 1. The van der Waals surface area contributed by atoms with E-state index in [4.69, 9.17) is 10.5 Å². The van der Waals surface area contributed by atoms with E-state index in [0.717, 1.165) is 36.3 Å². The molecule has 1 heterocycles. The van der Waals surface area contributed by atoms with E-state index in [0.29, 0.717) is 0 Å². The Labute approximate surface area is 103 Å².